The van der Waals surface area contributed by atoms with Crippen molar-refractivity contribution in [2.75, 3.05) is 0 Å². The van der Waals surface area contributed by atoms with Crippen molar-refractivity contribution in [3.63, 3.8) is 0 Å². The van der Waals surface area contributed by atoms with Gasteiger partial charge in [0.2, 0.25) is 5.89 Å². The second-order valence-electron chi connectivity index (χ2n) is 6.94. The van der Waals surface area contributed by atoms with Crippen LogP contribution in [-0.4, -0.2) is 24.9 Å². The summed E-state index contributed by atoms with van der Waals surface area (Å²) in [5.41, 5.74) is 1.93. The van der Waals surface area contributed by atoms with E-state index in [-0.39, 0.29) is 11.1 Å². The van der Waals surface area contributed by atoms with Gasteiger partial charge in [-0.25, -0.2) is 4.39 Å². The van der Waals surface area contributed by atoms with E-state index in [0.29, 0.717) is 18.3 Å². The lowest BCUT2D eigenvalue weighted by Crippen LogP contribution is -2.05. The summed E-state index contributed by atoms with van der Waals surface area (Å²) in [6, 6.07) is 16.4. The molecule has 0 aliphatic carbocycles. The fraction of sp³-hybridized carbons (Fsp3) is 0.273. The molecule has 4 aromatic rings. The van der Waals surface area contributed by atoms with Crippen molar-refractivity contribution in [2.45, 2.75) is 43.6 Å². The molecular formula is C22H22FN5OS. The monoisotopic (exact) mass is 423 g/mol. The standard InChI is InChI=1S/C22H22FN5OS/c1-3-7-19-24-21(29-27-19)15(2)30-22-26-25-20(17-10-12-18(23)13-11-17)28(22)14-16-8-5-4-6-9-16/h4-6,8-13,15H,3,7,14H2,1-2H3/t15-/m1/s1. The van der Waals surface area contributed by atoms with E-state index in [1.54, 1.807) is 12.1 Å². The van der Waals surface area contributed by atoms with Gasteiger partial charge >= 0.3 is 0 Å². The number of thioether (sulfide) groups is 1. The minimum atomic E-state index is -0.282. The van der Waals surface area contributed by atoms with Crippen LogP contribution < -0.4 is 0 Å². The predicted molar refractivity (Wildman–Crippen MR) is 114 cm³/mol. The van der Waals surface area contributed by atoms with Crippen molar-refractivity contribution < 1.29 is 8.91 Å². The average molecular weight is 424 g/mol. The van der Waals surface area contributed by atoms with E-state index >= 15 is 0 Å². The molecule has 154 valence electrons. The van der Waals surface area contributed by atoms with Crippen molar-refractivity contribution >= 4 is 11.8 Å². The Hall–Kier alpha value is -3.00. The Morgan fingerprint density at radius 1 is 1.07 bits per heavy atom. The fourth-order valence-electron chi connectivity index (χ4n) is 3.06. The highest BCUT2D eigenvalue weighted by atomic mass is 32.2. The van der Waals surface area contributed by atoms with Gasteiger partial charge in [-0.05, 0) is 43.2 Å². The van der Waals surface area contributed by atoms with Crippen molar-refractivity contribution in [1.29, 1.82) is 0 Å². The van der Waals surface area contributed by atoms with E-state index in [0.717, 1.165) is 34.9 Å². The largest absolute Gasteiger partial charge is 0.338 e. The molecule has 30 heavy (non-hydrogen) atoms. The van der Waals surface area contributed by atoms with Crippen molar-refractivity contribution in [3.8, 4) is 11.4 Å². The quantitative estimate of drug-likeness (QED) is 0.357. The molecule has 1 atom stereocenters. The third-order valence-electron chi connectivity index (χ3n) is 4.59. The molecular weight excluding hydrogens is 401 g/mol. The minimum absolute atomic E-state index is 0.0807. The van der Waals surface area contributed by atoms with Crippen LogP contribution in [-0.2, 0) is 13.0 Å². The molecule has 0 N–H and O–H groups in total. The maximum atomic E-state index is 13.4. The number of benzene rings is 2. The molecule has 0 saturated heterocycles. The molecule has 6 nitrogen and oxygen atoms in total. The highest BCUT2D eigenvalue weighted by Gasteiger charge is 2.21. The van der Waals surface area contributed by atoms with Crippen LogP contribution in [0.4, 0.5) is 4.39 Å². The van der Waals surface area contributed by atoms with Gasteiger partial charge in [0.15, 0.2) is 16.8 Å². The molecule has 0 fully saturated rings. The van der Waals surface area contributed by atoms with Crippen LogP contribution in [0.15, 0.2) is 64.3 Å². The lowest BCUT2D eigenvalue weighted by molar-refractivity contribution is 0.374. The van der Waals surface area contributed by atoms with Gasteiger partial charge in [0.1, 0.15) is 5.82 Å². The first kappa shape index (κ1) is 20.3. The number of hydrogen-bond acceptors (Lipinski definition) is 6. The molecule has 2 heterocycles. The summed E-state index contributed by atoms with van der Waals surface area (Å²) in [5, 5.41) is 13.5. The average Bonchev–Trinajstić information content (AvgIpc) is 3.38. The Kier molecular flexibility index (Phi) is 6.23. The summed E-state index contributed by atoms with van der Waals surface area (Å²) in [6.07, 6.45) is 1.76. The number of hydrogen-bond donors (Lipinski definition) is 0. The SMILES string of the molecule is CCCc1noc([C@@H](C)Sc2nnc(-c3ccc(F)cc3)n2Cc2ccccc2)n1. The van der Waals surface area contributed by atoms with Gasteiger partial charge in [-0.3, -0.25) is 4.57 Å². The van der Waals surface area contributed by atoms with Crippen molar-refractivity contribution in [1.82, 2.24) is 24.9 Å². The minimum Gasteiger partial charge on any atom is -0.338 e. The highest BCUT2D eigenvalue weighted by molar-refractivity contribution is 7.99. The smallest absolute Gasteiger partial charge is 0.239 e. The normalized spacial score (nSPS) is 12.2. The molecule has 0 bridgehead atoms. The Morgan fingerprint density at radius 3 is 2.57 bits per heavy atom. The third kappa shape index (κ3) is 4.59. The first-order valence-electron chi connectivity index (χ1n) is 9.86. The van der Waals surface area contributed by atoms with E-state index in [4.69, 9.17) is 4.52 Å². The first-order chi connectivity index (χ1) is 14.6. The molecule has 0 spiro atoms. The highest BCUT2D eigenvalue weighted by Crippen LogP contribution is 2.35. The molecule has 2 aromatic heterocycles. The van der Waals surface area contributed by atoms with Crippen LogP contribution in [0.25, 0.3) is 11.4 Å². The van der Waals surface area contributed by atoms with Crippen molar-refractivity contribution in [2.24, 2.45) is 0 Å². The van der Waals surface area contributed by atoms with Gasteiger partial charge in [-0.1, -0.05) is 54.2 Å². The molecule has 0 aliphatic heterocycles. The predicted octanol–water partition coefficient (Wildman–Crippen LogP) is 5.32. The summed E-state index contributed by atoms with van der Waals surface area (Å²) < 4.78 is 20.9. The number of nitrogens with zero attached hydrogens (tertiary/aromatic N) is 5. The van der Waals surface area contributed by atoms with Crippen LogP contribution in [0, 0.1) is 5.82 Å². The molecule has 0 saturated carbocycles. The van der Waals surface area contributed by atoms with E-state index in [1.165, 1.54) is 23.9 Å². The number of aryl methyl sites for hydroxylation is 1. The van der Waals surface area contributed by atoms with Gasteiger partial charge in [-0.15, -0.1) is 10.2 Å². The molecule has 2 aromatic carbocycles. The van der Waals surface area contributed by atoms with E-state index in [1.807, 2.05) is 29.7 Å². The van der Waals surface area contributed by atoms with Crippen molar-refractivity contribution in [3.05, 3.63) is 77.7 Å². The summed E-state index contributed by atoms with van der Waals surface area (Å²) in [6.45, 7) is 4.69. The van der Waals surface area contributed by atoms with Gasteiger partial charge < -0.3 is 4.52 Å². The van der Waals surface area contributed by atoms with Crippen LogP contribution in [0.1, 0.15) is 42.8 Å². The Morgan fingerprint density at radius 2 is 1.83 bits per heavy atom. The lowest BCUT2D eigenvalue weighted by Gasteiger charge is -2.12. The van der Waals surface area contributed by atoms with Crippen LogP contribution >= 0.6 is 11.8 Å². The number of rotatable bonds is 8. The van der Waals surface area contributed by atoms with E-state index < -0.39 is 0 Å². The molecule has 0 amide bonds. The third-order valence-corrected chi connectivity index (χ3v) is 5.66. The molecule has 8 heteroatoms. The second-order valence-corrected chi connectivity index (χ2v) is 8.25. The van der Waals surface area contributed by atoms with Crippen LogP contribution in [0.3, 0.4) is 0 Å². The molecule has 0 radical (unpaired) electrons. The molecule has 4 rings (SSSR count). The number of halogens is 1. The van der Waals surface area contributed by atoms with E-state index in [9.17, 15) is 4.39 Å². The van der Waals surface area contributed by atoms with Crippen LogP contribution in [0.2, 0.25) is 0 Å². The second kappa shape index (κ2) is 9.21. The summed E-state index contributed by atoms with van der Waals surface area (Å²) in [4.78, 5) is 4.49. The number of aromatic nitrogens is 5. The zero-order valence-electron chi connectivity index (χ0n) is 16.8. The van der Waals surface area contributed by atoms with Gasteiger partial charge in [0.05, 0.1) is 11.8 Å². The maximum absolute atomic E-state index is 13.4. The summed E-state index contributed by atoms with van der Waals surface area (Å²) in [5.74, 6) is 1.69. The maximum Gasteiger partial charge on any atom is 0.239 e. The van der Waals surface area contributed by atoms with Gasteiger partial charge in [-0.2, -0.15) is 4.98 Å². The summed E-state index contributed by atoms with van der Waals surface area (Å²) in [7, 11) is 0. The molecule has 0 aliphatic rings. The van der Waals surface area contributed by atoms with E-state index in [2.05, 4.69) is 39.4 Å². The Bertz CT molecular complexity index is 1090. The van der Waals surface area contributed by atoms with Gasteiger partial charge in [0.25, 0.3) is 0 Å². The first-order valence-corrected chi connectivity index (χ1v) is 10.7. The lowest BCUT2D eigenvalue weighted by atomic mass is 10.2. The van der Waals surface area contributed by atoms with Crippen LogP contribution in [0.5, 0.6) is 0 Å². The zero-order chi connectivity index (χ0) is 20.9. The topological polar surface area (TPSA) is 69.6 Å². The fourth-order valence-corrected chi connectivity index (χ4v) is 3.94. The Labute approximate surface area is 178 Å². The Balaban J connectivity index is 1.65. The zero-order valence-corrected chi connectivity index (χ0v) is 17.6. The molecule has 0 unspecified atom stereocenters. The summed E-state index contributed by atoms with van der Waals surface area (Å²) >= 11 is 1.51. The van der Waals surface area contributed by atoms with Gasteiger partial charge in [0, 0.05) is 12.0 Å².